The molecule has 1 atom stereocenters. The Labute approximate surface area is 158 Å². The molecule has 1 amide bonds. The number of ether oxygens (including phenoxy) is 2. The minimum Gasteiger partial charge on any atom is -0.497 e. The van der Waals surface area contributed by atoms with E-state index in [9.17, 15) is 13.6 Å². The summed E-state index contributed by atoms with van der Waals surface area (Å²) < 4.78 is 37.8. The number of rotatable bonds is 7. The zero-order chi connectivity index (χ0) is 19.4. The number of carbonyl (C=O) groups is 1. The number of carbonyl (C=O) groups excluding carboxylic acids is 1. The van der Waals surface area contributed by atoms with Crippen molar-refractivity contribution >= 4 is 21.8 Å². The highest BCUT2D eigenvalue weighted by Gasteiger charge is 2.22. The third kappa shape index (κ3) is 4.32. The SMILES string of the molecule is COc1ccc(OC)c(C(C)NC(=O)Cn2nc(C(F)F)c(Br)c2C)c1. The first-order chi connectivity index (χ1) is 12.3. The average molecular weight is 432 g/mol. The van der Waals surface area contributed by atoms with E-state index in [1.54, 1.807) is 39.2 Å². The van der Waals surface area contributed by atoms with E-state index in [-0.39, 0.29) is 28.7 Å². The Kier molecular flexibility index (Phi) is 6.57. The van der Waals surface area contributed by atoms with Crippen molar-refractivity contribution in [3.63, 3.8) is 0 Å². The van der Waals surface area contributed by atoms with Gasteiger partial charge in [0.05, 0.1) is 30.4 Å². The van der Waals surface area contributed by atoms with Crippen LogP contribution in [0, 0.1) is 6.92 Å². The van der Waals surface area contributed by atoms with E-state index in [4.69, 9.17) is 9.47 Å². The first kappa shape index (κ1) is 20.2. The third-order valence-electron chi connectivity index (χ3n) is 3.94. The van der Waals surface area contributed by atoms with Gasteiger partial charge in [-0.1, -0.05) is 0 Å². The number of hydrogen-bond acceptors (Lipinski definition) is 4. The molecule has 0 spiro atoms. The summed E-state index contributed by atoms with van der Waals surface area (Å²) in [5.41, 5.74) is 0.826. The van der Waals surface area contributed by atoms with Gasteiger partial charge in [0, 0.05) is 5.56 Å². The van der Waals surface area contributed by atoms with Gasteiger partial charge >= 0.3 is 0 Å². The van der Waals surface area contributed by atoms with Crippen LogP contribution in [-0.4, -0.2) is 29.9 Å². The van der Waals surface area contributed by atoms with Crippen LogP contribution in [0.5, 0.6) is 11.5 Å². The van der Waals surface area contributed by atoms with E-state index in [0.29, 0.717) is 17.2 Å². The standard InChI is InChI=1S/C17H20BrF2N3O3/c1-9(12-7-11(25-3)5-6-13(12)26-4)21-14(24)8-23-10(2)15(18)16(22-23)17(19)20/h5-7,9,17H,8H2,1-4H3,(H,21,24). The van der Waals surface area contributed by atoms with E-state index in [0.717, 1.165) is 5.56 Å². The summed E-state index contributed by atoms with van der Waals surface area (Å²) in [6, 6.07) is 4.91. The Morgan fingerprint density at radius 3 is 2.58 bits per heavy atom. The van der Waals surface area contributed by atoms with E-state index in [1.165, 1.54) is 11.8 Å². The summed E-state index contributed by atoms with van der Waals surface area (Å²) in [7, 11) is 3.09. The Balaban J connectivity index is 2.14. The fourth-order valence-electron chi connectivity index (χ4n) is 2.52. The summed E-state index contributed by atoms with van der Waals surface area (Å²) in [5.74, 6) is 0.883. The molecule has 0 fully saturated rings. The maximum absolute atomic E-state index is 12.9. The van der Waals surface area contributed by atoms with Gasteiger partial charge in [0.2, 0.25) is 5.91 Å². The van der Waals surface area contributed by atoms with Gasteiger partial charge in [-0.05, 0) is 48.0 Å². The van der Waals surface area contributed by atoms with Crippen LogP contribution in [0.4, 0.5) is 8.78 Å². The summed E-state index contributed by atoms with van der Waals surface area (Å²) in [6.45, 7) is 3.24. The number of alkyl halides is 2. The van der Waals surface area contributed by atoms with Crippen molar-refractivity contribution in [2.24, 2.45) is 0 Å². The molecule has 1 N–H and O–H groups in total. The molecule has 0 saturated carbocycles. The van der Waals surface area contributed by atoms with Crippen LogP contribution in [0.15, 0.2) is 22.7 Å². The number of amides is 1. The first-order valence-electron chi connectivity index (χ1n) is 7.80. The van der Waals surface area contributed by atoms with Crippen LogP contribution in [0.25, 0.3) is 0 Å². The molecule has 0 saturated heterocycles. The zero-order valence-corrected chi connectivity index (χ0v) is 16.4. The van der Waals surface area contributed by atoms with Crippen LogP contribution < -0.4 is 14.8 Å². The lowest BCUT2D eigenvalue weighted by Gasteiger charge is -2.18. The number of halogens is 3. The highest BCUT2D eigenvalue weighted by Crippen LogP contribution is 2.30. The van der Waals surface area contributed by atoms with Crippen molar-refractivity contribution in [1.82, 2.24) is 15.1 Å². The second-order valence-corrected chi connectivity index (χ2v) is 6.43. The second kappa shape index (κ2) is 8.48. The van der Waals surface area contributed by atoms with Crippen LogP contribution in [0.2, 0.25) is 0 Å². The van der Waals surface area contributed by atoms with Crippen LogP contribution in [-0.2, 0) is 11.3 Å². The third-order valence-corrected chi connectivity index (χ3v) is 4.92. The number of aromatic nitrogens is 2. The molecule has 0 aliphatic heterocycles. The smallest absolute Gasteiger partial charge is 0.283 e. The highest BCUT2D eigenvalue weighted by atomic mass is 79.9. The van der Waals surface area contributed by atoms with E-state index >= 15 is 0 Å². The van der Waals surface area contributed by atoms with Crippen LogP contribution in [0.3, 0.4) is 0 Å². The molecule has 1 aromatic carbocycles. The van der Waals surface area contributed by atoms with Crippen LogP contribution >= 0.6 is 15.9 Å². The Morgan fingerprint density at radius 1 is 1.35 bits per heavy atom. The van der Waals surface area contributed by atoms with Crippen molar-refractivity contribution < 1.29 is 23.0 Å². The van der Waals surface area contributed by atoms with E-state index in [2.05, 4.69) is 26.3 Å². The Morgan fingerprint density at radius 2 is 2.04 bits per heavy atom. The van der Waals surface area contributed by atoms with Crippen LogP contribution in [0.1, 0.15) is 36.3 Å². The first-order valence-corrected chi connectivity index (χ1v) is 8.60. The van der Waals surface area contributed by atoms with Crippen molar-refractivity contribution in [3.05, 3.63) is 39.6 Å². The van der Waals surface area contributed by atoms with Gasteiger partial charge < -0.3 is 14.8 Å². The van der Waals surface area contributed by atoms with Gasteiger partial charge in [-0.2, -0.15) is 5.10 Å². The van der Waals surface area contributed by atoms with Gasteiger partial charge in [0.25, 0.3) is 6.43 Å². The Bertz CT molecular complexity index is 796. The number of hydrogen-bond donors (Lipinski definition) is 1. The lowest BCUT2D eigenvalue weighted by atomic mass is 10.1. The minimum atomic E-state index is -2.72. The minimum absolute atomic E-state index is 0.173. The maximum atomic E-state index is 12.9. The molecule has 0 bridgehead atoms. The molecule has 1 aromatic heterocycles. The topological polar surface area (TPSA) is 65.4 Å². The lowest BCUT2D eigenvalue weighted by molar-refractivity contribution is -0.122. The predicted octanol–water partition coefficient (Wildman–Crippen LogP) is 3.79. The van der Waals surface area contributed by atoms with Crippen molar-refractivity contribution in [3.8, 4) is 11.5 Å². The van der Waals surface area contributed by atoms with Crippen molar-refractivity contribution in [2.75, 3.05) is 14.2 Å². The highest BCUT2D eigenvalue weighted by molar-refractivity contribution is 9.10. The quantitative estimate of drug-likeness (QED) is 0.724. The molecular weight excluding hydrogens is 412 g/mol. The zero-order valence-electron chi connectivity index (χ0n) is 14.8. The van der Waals surface area contributed by atoms with Gasteiger partial charge in [-0.3, -0.25) is 9.48 Å². The normalized spacial score (nSPS) is 12.2. The van der Waals surface area contributed by atoms with E-state index < -0.39 is 6.43 Å². The van der Waals surface area contributed by atoms with Crippen molar-refractivity contribution in [2.45, 2.75) is 32.9 Å². The molecular formula is C17H20BrF2N3O3. The molecule has 26 heavy (non-hydrogen) atoms. The summed E-state index contributed by atoms with van der Waals surface area (Å²) in [4.78, 5) is 12.3. The van der Waals surface area contributed by atoms with E-state index in [1.807, 2.05) is 0 Å². The van der Waals surface area contributed by atoms with Gasteiger partial charge in [0.15, 0.2) is 0 Å². The summed E-state index contributed by atoms with van der Waals surface area (Å²) in [5, 5.41) is 6.62. The second-order valence-electron chi connectivity index (χ2n) is 5.64. The molecule has 0 aliphatic carbocycles. The van der Waals surface area contributed by atoms with Gasteiger partial charge in [-0.25, -0.2) is 8.78 Å². The largest absolute Gasteiger partial charge is 0.497 e. The molecule has 0 radical (unpaired) electrons. The number of methoxy groups -OCH3 is 2. The summed E-state index contributed by atoms with van der Waals surface area (Å²) in [6.07, 6.45) is -2.72. The molecule has 142 valence electrons. The molecule has 0 aliphatic rings. The number of benzene rings is 1. The summed E-state index contributed by atoms with van der Waals surface area (Å²) >= 11 is 3.09. The predicted molar refractivity (Wildman–Crippen MR) is 95.7 cm³/mol. The number of nitrogens with zero attached hydrogens (tertiary/aromatic N) is 2. The maximum Gasteiger partial charge on any atom is 0.283 e. The molecule has 1 heterocycles. The molecule has 6 nitrogen and oxygen atoms in total. The van der Waals surface area contributed by atoms with Crippen molar-refractivity contribution in [1.29, 1.82) is 0 Å². The van der Waals surface area contributed by atoms with Gasteiger partial charge in [0.1, 0.15) is 23.7 Å². The molecule has 9 heteroatoms. The Hall–Kier alpha value is -2.16. The molecule has 2 rings (SSSR count). The molecule has 1 unspecified atom stereocenters. The molecule has 2 aromatic rings. The fraction of sp³-hybridized carbons (Fsp3) is 0.412. The monoisotopic (exact) mass is 431 g/mol. The average Bonchev–Trinajstić information content (AvgIpc) is 2.89. The number of nitrogens with one attached hydrogen (secondary N) is 1. The fourth-order valence-corrected chi connectivity index (χ4v) is 2.98. The van der Waals surface area contributed by atoms with Gasteiger partial charge in [-0.15, -0.1) is 0 Å². The lowest BCUT2D eigenvalue weighted by Crippen LogP contribution is -2.31.